The van der Waals surface area contributed by atoms with Gasteiger partial charge in [0, 0.05) is 19.0 Å². The molecule has 2 aromatic carbocycles. The summed E-state index contributed by atoms with van der Waals surface area (Å²) in [7, 11) is -4.14. The van der Waals surface area contributed by atoms with Crippen LogP contribution in [-0.4, -0.2) is 48.6 Å². The highest BCUT2D eigenvalue weighted by Gasteiger charge is 2.37. The molecule has 1 N–H and O–H groups in total. The van der Waals surface area contributed by atoms with Crippen molar-refractivity contribution in [3.63, 3.8) is 0 Å². The normalized spacial score (nSPS) is 18.0. The second-order valence-electron chi connectivity index (χ2n) is 8.43. The lowest BCUT2D eigenvalue weighted by Gasteiger charge is -2.44. The Morgan fingerprint density at radius 2 is 1.88 bits per heavy atom. The molecule has 4 rings (SSSR count). The number of hydrogen-bond acceptors (Lipinski definition) is 6. The van der Waals surface area contributed by atoms with Crippen molar-refractivity contribution in [1.82, 2.24) is 4.90 Å². The van der Waals surface area contributed by atoms with Crippen molar-refractivity contribution in [3.8, 4) is 11.5 Å². The smallest absolute Gasteiger partial charge is 0.264 e. The van der Waals surface area contributed by atoms with Crippen molar-refractivity contribution in [2.75, 3.05) is 17.2 Å². The highest BCUT2D eigenvalue weighted by atomic mass is 32.2. The van der Waals surface area contributed by atoms with E-state index >= 15 is 0 Å². The van der Waals surface area contributed by atoms with Gasteiger partial charge in [-0.15, -0.1) is 0 Å². The molecular weight excluding hydrogens is 438 g/mol. The summed E-state index contributed by atoms with van der Waals surface area (Å²) < 4.78 is 39.4. The van der Waals surface area contributed by atoms with Gasteiger partial charge in [0.1, 0.15) is 6.17 Å². The van der Waals surface area contributed by atoms with E-state index in [2.05, 4.69) is 35.8 Å². The Hall–Kier alpha value is -2.84. The fourth-order valence-corrected chi connectivity index (χ4v) is 5.10. The number of ether oxygens (including phenoxy) is 1. The molecule has 0 aliphatic carbocycles. The monoisotopic (exact) mass is 469 g/mol. The Bertz CT molecular complexity index is 1150. The molecule has 0 fully saturated rings. The highest BCUT2D eigenvalue weighted by Crippen LogP contribution is 2.49. The largest absolute Gasteiger partial charge is 0.453 e. The van der Waals surface area contributed by atoms with E-state index in [1.165, 1.54) is 5.56 Å². The van der Waals surface area contributed by atoms with Gasteiger partial charge in [0.25, 0.3) is 10.1 Å². The first-order valence-electron chi connectivity index (χ1n) is 11.5. The maximum Gasteiger partial charge on any atom is 0.264 e. The van der Waals surface area contributed by atoms with Gasteiger partial charge in [0.15, 0.2) is 11.5 Å². The molecule has 0 spiro atoms. The highest BCUT2D eigenvalue weighted by molar-refractivity contribution is 7.85. The fourth-order valence-electron chi connectivity index (χ4n) is 4.56. The van der Waals surface area contributed by atoms with E-state index in [1.54, 1.807) is 6.21 Å². The Morgan fingerprint density at radius 3 is 2.64 bits per heavy atom. The topological polar surface area (TPSA) is 82.4 Å². The van der Waals surface area contributed by atoms with Crippen LogP contribution in [0.15, 0.2) is 59.7 Å². The predicted molar refractivity (Wildman–Crippen MR) is 132 cm³/mol. The zero-order chi connectivity index (χ0) is 23.4. The molecule has 2 unspecified atom stereocenters. The second kappa shape index (κ2) is 9.97. The molecule has 2 aromatic rings. The number of benzene rings is 2. The summed E-state index contributed by atoms with van der Waals surface area (Å²) in [5.74, 6) is 1.09. The van der Waals surface area contributed by atoms with Gasteiger partial charge in [-0.25, -0.2) is 0 Å². The first-order chi connectivity index (χ1) is 15.9. The number of hydrogen-bond donors (Lipinski definition) is 1. The van der Waals surface area contributed by atoms with Crippen LogP contribution in [0.4, 0.5) is 11.4 Å². The van der Waals surface area contributed by atoms with E-state index in [4.69, 9.17) is 9.73 Å². The van der Waals surface area contributed by atoms with Gasteiger partial charge in [-0.2, -0.15) is 8.42 Å². The van der Waals surface area contributed by atoms with Crippen molar-refractivity contribution < 1.29 is 17.7 Å². The van der Waals surface area contributed by atoms with Gasteiger partial charge < -0.3 is 14.5 Å². The molecule has 0 bridgehead atoms. The summed E-state index contributed by atoms with van der Waals surface area (Å²) in [5, 5.41) is 0. The number of aryl methyl sites for hydroxylation is 1. The third kappa shape index (κ3) is 5.23. The van der Waals surface area contributed by atoms with Crippen LogP contribution in [0.25, 0.3) is 0 Å². The van der Waals surface area contributed by atoms with Crippen molar-refractivity contribution in [2.45, 2.75) is 51.7 Å². The van der Waals surface area contributed by atoms with Crippen LogP contribution in [0, 0.1) is 0 Å². The SMILES string of the molecule is CCCc1ccc2c(c1)N(C(CCS(=O)(=O)O)C1N=CC=CN1CCC)c1ccccc1O2. The summed E-state index contributed by atoms with van der Waals surface area (Å²) in [6.45, 7) is 5.03. The maximum atomic E-state index is 11.8. The van der Waals surface area contributed by atoms with Gasteiger partial charge in [-0.3, -0.25) is 9.55 Å². The van der Waals surface area contributed by atoms with E-state index in [1.807, 2.05) is 42.6 Å². The van der Waals surface area contributed by atoms with Crippen LogP contribution in [0.5, 0.6) is 11.5 Å². The van der Waals surface area contributed by atoms with E-state index < -0.39 is 10.1 Å². The first kappa shape index (κ1) is 23.3. The van der Waals surface area contributed by atoms with E-state index in [0.29, 0.717) is 5.75 Å². The predicted octanol–water partition coefficient (Wildman–Crippen LogP) is 5.17. The molecule has 2 atom stereocenters. The molecule has 0 saturated heterocycles. The van der Waals surface area contributed by atoms with Gasteiger partial charge in [-0.1, -0.05) is 38.5 Å². The van der Waals surface area contributed by atoms with Crippen molar-refractivity contribution in [3.05, 3.63) is 60.3 Å². The summed E-state index contributed by atoms with van der Waals surface area (Å²) in [6, 6.07) is 13.6. The molecule has 2 aliphatic rings. The lowest BCUT2D eigenvalue weighted by molar-refractivity contribution is 0.239. The second-order valence-corrected chi connectivity index (χ2v) is 10.00. The van der Waals surface area contributed by atoms with Crippen LogP contribution < -0.4 is 9.64 Å². The van der Waals surface area contributed by atoms with Gasteiger partial charge in [-0.05, 0) is 55.2 Å². The molecule has 8 heteroatoms. The fraction of sp³-hybridized carbons (Fsp3) is 0.400. The molecule has 2 aliphatic heterocycles. The number of fused-ring (bicyclic) bond motifs is 2. The summed E-state index contributed by atoms with van der Waals surface area (Å²) in [4.78, 5) is 9.06. The Labute approximate surface area is 196 Å². The zero-order valence-corrected chi connectivity index (χ0v) is 19.9. The lowest BCUT2D eigenvalue weighted by atomic mass is 10.0. The number of rotatable bonds is 9. The quantitative estimate of drug-likeness (QED) is 0.511. The molecule has 0 radical (unpaired) electrons. The van der Waals surface area contributed by atoms with Crippen molar-refractivity contribution in [1.29, 1.82) is 0 Å². The molecular formula is C25H31N3O4S. The van der Waals surface area contributed by atoms with E-state index in [0.717, 1.165) is 42.9 Å². The van der Waals surface area contributed by atoms with Crippen LogP contribution in [0.3, 0.4) is 0 Å². The first-order valence-corrected chi connectivity index (χ1v) is 13.1. The molecule has 2 heterocycles. The Morgan fingerprint density at radius 1 is 1.09 bits per heavy atom. The minimum Gasteiger partial charge on any atom is -0.453 e. The minimum absolute atomic E-state index is 0.209. The zero-order valence-electron chi connectivity index (χ0n) is 19.1. The molecule has 0 aromatic heterocycles. The van der Waals surface area contributed by atoms with Crippen LogP contribution >= 0.6 is 0 Å². The van der Waals surface area contributed by atoms with Crippen LogP contribution in [-0.2, 0) is 16.5 Å². The average molecular weight is 470 g/mol. The third-order valence-electron chi connectivity index (χ3n) is 5.94. The number of para-hydroxylation sites is 2. The Balaban J connectivity index is 1.85. The molecule has 33 heavy (non-hydrogen) atoms. The van der Waals surface area contributed by atoms with Gasteiger partial charge in [0.05, 0.1) is 23.2 Å². The van der Waals surface area contributed by atoms with E-state index in [9.17, 15) is 13.0 Å². The maximum absolute atomic E-state index is 11.8. The number of nitrogens with zero attached hydrogens (tertiary/aromatic N) is 3. The van der Waals surface area contributed by atoms with Crippen LogP contribution in [0.2, 0.25) is 0 Å². The molecule has 0 amide bonds. The molecule has 0 saturated carbocycles. The third-order valence-corrected chi connectivity index (χ3v) is 6.69. The Kier molecular flexibility index (Phi) is 7.05. The number of allylic oxidation sites excluding steroid dienone is 1. The summed E-state index contributed by atoms with van der Waals surface area (Å²) >= 11 is 0. The number of anilines is 2. The van der Waals surface area contributed by atoms with Crippen molar-refractivity contribution in [2.24, 2.45) is 4.99 Å². The standard InChI is InChI=1S/C25H31N3O4S/c1-3-8-19-11-12-24-22(18-19)28(20-9-5-6-10-23(20)32-24)21(13-17-33(29,30)31)25-26-14-7-16-27(25)15-4-2/h5-7,9-12,14,16,18,21,25H,3-4,8,13,15,17H2,1-2H3,(H,29,30,31). The van der Waals surface area contributed by atoms with E-state index in [-0.39, 0.29) is 24.4 Å². The van der Waals surface area contributed by atoms with Gasteiger partial charge in [0.2, 0.25) is 0 Å². The van der Waals surface area contributed by atoms with Crippen molar-refractivity contribution >= 4 is 27.7 Å². The summed E-state index contributed by atoms with van der Waals surface area (Å²) in [6.07, 6.45) is 8.44. The molecule has 7 nitrogen and oxygen atoms in total. The minimum atomic E-state index is -4.14. The van der Waals surface area contributed by atoms with Crippen LogP contribution in [0.1, 0.15) is 38.7 Å². The van der Waals surface area contributed by atoms with Gasteiger partial charge >= 0.3 is 0 Å². The lowest BCUT2D eigenvalue weighted by Crippen LogP contribution is -2.50. The molecule has 176 valence electrons. The number of aliphatic imine (C=N–C) groups is 1. The average Bonchev–Trinajstić information content (AvgIpc) is 2.79. The summed E-state index contributed by atoms with van der Waals surface area (Å²) in [5.41, 5.74) is 2.94.